The molecule has 3 atom stereocenters. The van der Waals surface area contributed by atoms with Gasteiger partial charge in [0.2, 0.25) is 5.96 Å². The third kappa shape index (κ3) is 2.76. The van der Waals surface area contributed by atoms with Gasteiger partial charge in [-0.2, -0.15) is 0 Å². The summed E-state index contributed by atoms with van der Waals surface area (Å²) in [5, 5.41) is 0. The van der Waals surface area contributed by atoms with Crippen molar-refractivity contribution in [1.82, 2.24) is 14.7 Å². The van der Waals surface area contributed by atoms with Crippen LogP contribution >= 0.6 is 0 Å². The number of anilines is 1. The number of esters is 1. The van der Waals surface area contributed by atoms with Gasteiger partial charge in [0.1, 0.15) is 6.04 Å². The number of ether oxygens (including phenoxy) is 1. The van der Waals surface area contributed by atoms with E-state index in [4.69, 9.17) is 9.73 Å². The van der Waals surface area contributed by atoms with Crippen LogP contribution in [0.3, 0.4) is 0 Å². The number of likely N-dealkylation sites (N-methyl/N-ethyl adjacent to an activating group) is 1. The highest BCUT2D eigenvalue weighted by molar-refractivity contribution is 6.10. The Kier molecular flexibility index (Phi) is 4.76. The summed E-state index contributed by atoms with van der Waals surface area (Å²) in [5.74, 6) is -0.521. The van der Waals surface area contributed by atoms with Crippen molar-refractivity contribution in [3.8, 4) is 0 Å². The first-order valence-electron chi connectivity index (χ1n) is 9.91. The SMILES string of the molecule is CCc1ccc(N2C(C)=CN3C2=NC2C3C(=O)N(C(C)C(=O)OC)C(=O)N2C)cc1. The summed E-state index contributed by atoms with van der Waals surface area (Å²) in [6.45, 7) is 5.53. The first-order chi connectivity index (χ1) is 14.3. The third-order valence-corrected chi connectivity index (χ3v) is 5.87. The van der Waals surface area contributed by atoms with Crippen LogP contribution < -0.4 is 4.90 Å². The minimum atomic E-state index is -1.02. The van der Waals surface area contributed by atoms with Crippen molar-refractivity contribution in [1.29, 1.82) is 0 Å². The summed E-state index contributed by atoms with van der Waals surface area (Å²) in [7, 11) is 2.82. The van der Waals surface area contributed by atoms with Crippen molar-refractivity contribution in [3.63, 3.8) is 0 Å². The average molecular weight is 411 g/mol. The molecule has 4 rings (SSSR count). The summed E-state index contributed by atoms with van der Waals surface area (Å²) in [6, 6.07) is 5.85. The van der Waals surface area contributed by atoms with Crippen LogP contribution in [0.4, 0.5) is 10.5 Å². The van der Waals surface area contributed by atoms with Crippen molar-refractivity contribution >= 4 is 29.6 Å². The number of rotatable bonds is 4. The Morgan fingerprint density at radius 1 is 1.23 bits per heavy atom. The van der Waals surface area contributed by atoms with Crippen molar-refractivity contribution < 1.29 is 19.1 Å². The van der Waals surface area contributed by atoms with E-state index in [9.17, 15) is 14.4 Å². The molecule has 3 unspecified atom stereocenters. The van der Waals surface area contributed by atoms with E-state index in [0.29, 0.717) is 5.96 Å². The molecule has 30 heavy (non-hydrogen) atoms. The first-order valence-corrected chi connectivity index (χ1v) is 9.91. The molecule has 3 aliphatic heterocycles. The molecule has 9 nitrogen and oxygen atoms in total. The van der Waals surface area contributed by atoms with Gasteiger partial charge >= 0.3 is 12.0 Å². The zero-order valence-corrected chi connectivity index (χ0v) is 17.7. The molecule has 0 bridgehead atoms. The quantitative estimate of drug-likeness (QED) is 0.702. The van der Waals surface area contributed by atoms with Gasteiger partial charge in [-0.25, -0.2) is 19.5 Å². The number of carbonyl (C=O) groups is 3. The second-order valence-corrected chi connectivity index (χ2v) is 7.62. The predicted octanol–water partition coefficient (Wildman–Crippen LogP) is 1.75. The van der Waals surface area contributed by atoms with Gasteiger partial charge in [-0.15, -0.1) is 0 Å². The van der Waals surface area contributed by atoms with E-state index in [0.717, 1.165) is 22.7 Å². The molecule has 3 amide bonds. The minimum absolute atomic E-state index is 0.466. The lowest BCUT2D eigenvalue weighted by Gasteiger charge is -2.41. The number of guanidine groups is 1. The number of aryl methyl sites for hydroxylation is 1. The van der Waals surface area contributed by atoms with Gasteiger partial charge in [-0.05, 0) is 38.0 Å². The van der Waals surface area contributed by atoms with Crippen molar-refractivity contribution in [2.24, 2.45) is 4.99 Å². The van der Waals surface area contributed by atoms with Crippen LogP contribution in [0, 0.1) is 0 Å². The van der Waals surface area contributed by atoms with Crippen molar-refractivity contribution in [3.05, 3.63) is 41.7 Å². The van der Waals surface area contributed by atoms with Crippen LogP contribution in [-0.2, 0) is 20.7 Å². The zero-order chi connectivity index (χ0) is 21.7. The minimum Gasteiger partial charge on any atom is -0.467 e. The van der Waals surface area contributed by atoms with E-state index in [2.05, 4.69) is 19.1 Å². The van der Waals surface area contributed by atoms with E-state index in [-0.39, 0.29) is 0 Å². The first kappa shape index (κ1) is 19.9. The molecule has 158 valence electrons. The molecule has 0 saturated carbocycles. The summed E-state index contributed by atoms with van der Waals surface area (Å²) in [4.78, 5) is 49.0. The number of urea groups is 1. The molecule has 9 heteroatoms. The van der Waals surface area contributed by atoms with E-state index in [1.54, 1.807) is 11.9 Å². The van der Waals surface area contributed by atoms with Crippen LogP contribution in [0.1, 0.15) is 26.3 Å². The van der Waals surface area contributed by atoms with Crippen molar-refractivity contribution in [2.45, 2.75) is 45.4 Å². The molecule has 0 radical (unpaired) electrons. The second kappa shape index (κ2) is 7.16. The van der Waals surface area contributed by atoms with E-state index >= 15 is 0 Å². The van der Waals surface area contributed by atoms with E-state index in [1.807, 2.05) is 30.2 Å². The van der Waals surface area contributed by atoms with Gasteiger partial charge in [0.15, 0.2) is 12.2 Å². The average Bonchev–Trinajstić information content (AvgIpc) is 3.26. The smallest absolute Gasteiger partial charge is 0.329 e. The summed E-state index contributed by atoms with van der Waals surface area (Å²) in [5.41, 5.74) is 3.07. The number of hydrogen-bond acceptors (Lipinski definition) is 7. The molecule has 3 heterocycles. The maximum absolute atomic E-state index is 13.3. The number of aliphatic imine (C=N–C) groups is 1. The Labute approximate surface area is 175 Å². The molecule has 0 N–H and O–H groups in total. The number of imide groups is 1. The van der Waals surface area contributed by atoms with Crippen LogP contribution in [0.5, 0.6) is 0 Å². The van der Waals surface area contributed by atoms with Gasteiger partial charge in [-0.1, -0.05) is 19.1 Å². The number of carbonyl (C=O) groups excluding carboxylic acids is 3. The number of benzene rings is 1. The maximum Gasteiger partial charge on any atom is 0.329 e. The zero-order valence-electron chi connectivity index (χ0n) is 17.7. The number of methoxy groups -OCH3 is 1. The Bertz CT molecular complexity index is 970. The normalized spacial score (nSPS) is 23.9. The molecular weight excluding hydrogens is 386 g/mol. The molecule has 3 aliphatic rings. The Morgan fingerprint density at radius 3 is 2.50 bits per heavy atom. The molecule has 1 aromatic rings. The molecule has 0 aromatic heterocycles. The number of hydrogen-bond donors (Lipinski definition) is 0. The molecule has 1 aromatic carbocycles. The van der Waals surface area contributed by atoms with Crippen molar-refractivity contribution in [2.75, 3.05) is 19.1 Å². The fraction of sp³-hybridized carbons (Fsp3) is 0.429. The fourth-order valence-corrected chi connectivity index (χ4v) is 4.15. The molecular formula is C21H25N5O4. The van der Waals surface area contributed by atoms with Gasteiger partial charge in [0.25, 0.3) is 5.91 Å². The third-order valence-electron chi connectivity index (χ3n) is 5.87. The number of nitrogens with zero attached hydrogens (tertiary/aromatic N) is 5. The molecule has 1 saturated heterocycles. The van der Waals surface area contributed by atoms with Crippen LogP contribution in [-0.4, -0.2) is 71.0 Å². The second-order valence-electron chi connectivity index (χ2n) is 7.62. The van der Waals surface area contributed by atoms with Gasteiger partial charge in [0, 0.05) is 24.6 Å². The van der Waals surface area contributed by atoms with Gasteiger partial charge < -0.3 is 14.5 Å². The highest BCUT2D eigenvalue weighted by Gasteiger charge is 2.56. The lowest BCUT2D eigenvalue weighted by atomic mass is 10.1. The number of amides is 3. The lowest BCUT2D eigenvalue weighted by molar-refractivity contribution is -0.153. The fourth-order valence-electron chi connectivity index (χ4n) is 4.15. The molecule has 0 spiro atoms. The van der Waals surface area contributed by atoms with Gasteiger partial charge in [-0.3, -0.25) is 9.69 Å². The highest BCUT2D eigenvalue weighted by Crippen LogP contribution is 2.37. The van der Waals surface area contributed by atoms with Crippen LogP contribution in [0.25, 0.3) is 0 Å². The summed E-state index contributed by atoms with van der Waals surface area (Å²) >= 11 is 0. The van der Waals surface area contributed by atoms with E-state index in [1.165, 1.54) is 24.5 Å². The van der Waals surface area contributed by atoms with Crippen LogP contribution in [0.2, 0.25) is 0 Å². The Morgan fingerprint density at radius 2 is 1.90 bits per heavy atom. The number of fused-ring (bicyclic) bond motifs is 3. The monoisotopic (exact) mass is 411 g/mol. The van der Waals surface area contributed by atoms with Gasteiger partial charge in [0.05, 0.1) is 7.11 Å². The summed E-state index contributed by atoms with van der Waals surface area (Å²) in [6.07, 6.45) is 2.14. The Hall–Kier alpha value is -3.36. The summed E-state index contributed by atoms with van der Waals surface area (Å²) < 4.78 is 4.74. The lowest BCUT2D eigenvalue weighted by Crippen LogP contribution is -2.67. The predicted molar refractivity (Wildman–Crippen MR) is 110 cm³/mol. The standard InChI is InChI=1S/C21H25N5O4/c1-6-14-7-9-15(10-8-14)25-12(2)11-24-16-17(22-20(24)25)23(4)21(29)26(18(16)27)13(3)19(28)30-5/h7-11,13,16-17H,6H2,1-5H3. The maximum atomic E-state index is 13.3. The highest BCUT2D eigenvalue weighted by atomic mass is 16.5. The number of allylic oxidation sites excluding steroid dienone is 1. The molecule has 0 aliphatic carbocycles. The topological polar surface area (TPSA) is 85.8 Å². The largest absolute Gasteiger partial charge is 0.467 e. The van der Waals surface area contributed by atoms with E-state index < -0.39 is 36.2 Å². The Balaban J connectivity index is 1.69. The molecule has 1 fully saturated rings. The van der Waals surface area contributed by atoms with Crippen LogP contribution in [0.15, 0.2) is 41.2 Å².